The normalized spacial score (nSPS) is 26.1. The van der Waals surface area contributed by atoms with Crippen LogP contribution >= 0.6 is 11.6 Å². The fraction of sp³-hybridized carbons (Fsp3) is 0.727. The molecule has 0 radical (unpaired) electrons. The van der Waals surface area contributed by atoms with E-state index >= 15 is 0 Å². The lowest BCUT2D eigenvalue weighted by atomic mass is 10.0. The maximum absolute atomic E-state index is 5.80. The summed E-state index contributed by atoms with van der Waals surface area (Å²) in [6.45, 7) is 4.87. The van der Waals surface area contributed by atoms with E-state index in [0.717, 1.165) is 37.3 Å². The Morgan fingerprint density at radius 2 is 2.33 bits per heavy atom. The highest BCUT2D eigenvalue weighted by atomic mass is 35.5. The molecule has 0 bridgehead atoms. The summed E-state index contributed by atoms with van der Waals surface area (Å²) in [6.07, 6.45) is 2.89. The maximum Gasteiger partial charge on any atom is 0.226 e. The van der Waals surface area contributed by atoms with E-state index in [0.29, 0.717) is 11.8 Å². The van der Waals surface area contributed by atoms with Gasteiger partial charge in [0.15, 0.2) is 0 Å². The van der Waals surface area contributed by atoms with Gasteiger partial charge in [-0.1, -0.05) is 6.92 Å². The van der Waals surface area contributed by atoms with Crippen molar-refractivity contribution in [1.82, 2.24) is 4.98 Å². The van der Waals surface area contributed by atoms with Gasteiger partial charge in [-0.25, -0.2) is 4.98 Å². The van der Waals surface area contributed by atoms with E-state index in [4.69, 9.17) is 20.8 Å². The zero-order valence-corrected chi connectivity index (χ0v) is 9.93. The molecule has 84 valence electrons. The molecular weight excluding hydrogens is 214 g/mol. The number of ether oxygens (including phenoxy) is 1. The molecule has 4 heteroatoms. The van der Waals surface area contributed by atoms with Gasteiger partial charge < -0.3 is 9.15 Å². The fourth-order valence-corrected chi connectivity index (χ4v) is 2.15. The highest BCUT2D eigenvalue weighted by molar-refractivity contribution is 6.16. The number of alkyl halides is 1. The van der Waals surface area contributed by atoms with Gasteiger partial charge in [-0.15, -0.1) is 11.6 Å². The second kappa shape index (κ2) is 4.14. The van der Waals surface area contributed by atoms with Crippen LogP contribution in [-0.4, -0.2) is 11.6 Å². The Hall–Kier alpha value is -0.540. The molecule has 1 unspecified atom stereocenters. The molecule has 1 atom stereocenters. The molecule has 1 fully saturated rings. The van der Waals surface area contributed by atoms with Crippen molar-refractivity contribution in [3.63, 3.8) is 0 Å². The summed E-state index contributed by atoms with van der Waals surface area (Å²) in [5.41, 5.74) is 0.616. The third kappa shape index (κ3) is 1.91. The second-order valence-corrected chi connectivity index (χ2v) is 4.33. The lowest BCUT2D eigenvalue weighted by molar-refractivity contribution is -0.00590. The average molecular weight is 230 g/mol. The highest BCUT2D eigenvalue weighted by Crippen LogP contribution is 2.36. The number of hydrogen-bond donors (Lipinski definition) is 0. The van der Waals surface area contributed by atoms with Gasteiger partial charge in [-0.3, -0.25) is 0 Å². The van der Waals surface area contributed by atoms with Crippen molar-refractivity contribution in [2.24, 2.45) is 0 Å². The van der Waals surface area contributed by atoms with Crippen molar-refractivity contribution in [3.8, 4) is 0 Å². The molecule has 15 heavy (non-hydrogen) atoms. The van der Waals surface area contributed by atoms with Crippen molar-refractivity contribution in [1.29, 1.82) is 0 Å². The quantitative estimate of drug-likeness (QED) is 0.748. The van der Waals surface area contributed by atoms with Gasteiger partial charge in [0.25, 0.3) is 0 Å². The first-order valence-corrected chi connectivity index (χ1v) is 5.92. The maximum atomic E-state index is 5.80. The van der Waals surface area contributed by atoms with Gasteiger partial charge in [0.2, 0.25) is 5.89 Å². The van der Waals surface area contributed by atoms with E-state index in [-0.39, 0.29) is 5.60 Å². The summed E-state index contributed by atoms with van der Waals surface area (Å²) in [6, 6.07) is 0. The highest BCUT2D eigenvalue weighted by Gasteiger charge is 2.37. The molecule has 1 saturated heterocycles. The minimum atomic E-state index is -0.339. The molecule has 2 rings (SSSR count). The molecule has 1 aliphatic heterocycles. The van der Waals surface area contributed by atoms with Crippen LogP contribution in [0.3, 0.4) is 0 Å². The first-order chi connectivity index (χ1) is 7.19. The third-order valence-corrected chi connectivity index (χ3v) is 3.15. The van der Waals surface area contributed by atoms with E-state index in [1.165, 1.54) is 0 Å². The zero-order chi connectivity index (χ0) is 10.9. The van der Waals surface area contributed by atoms with Gasteiger partial charge >= 0.3 is 0 Å². The largest absolute Gasteiger partial charge is 0.441 e. The van der Waals surface area contributed by atoms with E-state index < -0.39 is 0 Å². The standard InChI is InChI=1S/C11H16ClNO2/c1-3-8-9(7-12)15-10(13-8)11(2)5-4-6-14-11/h3-7H2,1-2H3. The smallest absolute Gasteiger partial charge is 0.226 e. The minimum absolute atomic E-state index is 0.339. The van der Waals surface area contributed by atoms with Gasteiger partial charge in [0.1, 0.15) is 11.4 Å². The summed E-state index contributed by atoms with van der Waals surface area (Å²) < 4.78 is 11.4. The monoisotopic (exact) mass is 229 g/mol. The number of nitrogens with zero attached hydrogens (tertiary/aromatic N) is 1. The first-order valence-electron chi connectivity index (χ1n) is 5.38. The Labute approximate surface area is 94.8 Å². The molecule has 1 aromatic heterocycles. The van der Waals surface area contributed by atoms with E-state index in [1.54, 1.807) is 0 Å². The Bertz CT molecular complexity index is 321. The summed E-state index contributed by atoms with van der Waals surface area (Å²) in [5.74, 6) is 1.85. The van der Waals surface area contributed by atoms with E-state index in [1.807, 2.05) is 6.92 Å². The van der Waals surface area contributed by atoms with Crippen LogP contribution in [0, 0.1) is 0 Å². The molecule has 2 heterocycles. The lowest BCUT2D eigenvalue weighted by Crippen LogP contribution is -2.20. The molecule has 0 aliphatic carbocycles. The summed E-state index contributed by atoms with van der Waals surface area (Å²) >= 11 is 5.80. The topological polar surface area (TPSA) is 35.3 Å². The van der Waals surface area contributed by atoms with Crippen molar-refractivity contribution in [2.45, 2.75) is 44.6 Å². The molecule has 0 aromatic carbocycles. The van der Waals surface area contributed by atoms with Crippen LogP contribution in [0.15, 0.2) is 4.42 Å². The average Bonchev–Trinajstić information content (AvgIpc) is 2.84. The first kappa shape index (κ1) is 11.0. The van der Waals surface area contributed by atoms with Crippen LogP contribution in [0.1, 0.15) is 44.0 Å². The molecule has 1 aliphatic rings. The van der Waals surface area contributed by atoms with Crippen molar-refractivity contribution < 1.29 is 9.15 Å². The summed E-state index contributed by atoms with van der Waals surface area (Å²) in [7, 11) is 0. The number of rotatable bonds is 3. The van der Waals surface area contributed by atoms with E-state index in [9.17, 15) is 0 Å². The van der Waals surface area contributed by atoms with E-state index in [2.05, 4.69) is 11.9 Å². The molecule has 3 nitrogen and oxygen atoms in total. The molecule has 0 spiro atoms. The van der Waals surface area contributed by atoms with Crippen molar-refractivity contribution >= 4 is 11.6 Å². The Morgan fingerprint density at radius 1 is 1.53 bits per heavy atom. The van der Waals surface area contributed by atoms with Crippen molar-refractivity contribution in [2.75, 3.05) is 6.61 Å². The third-order valence-electron chi connectivity index (χ3n) is 2.91. The predicted octanol–water partition coefficient (Wildman–Crippen LogP) is 3.00. The number of halogens is 1. The van der Waals surface area contributed by atoms with Gasteiger partial charge in [-0.05, 0) is 26.2 Å². The second-order valence-electron chi connectivity index (χ2n) is 4.06. The SMILES string of the molecule is CCc1nc(C2(C)CCCO2)oc1CCl. The summed E-state index contributed by atoms with van der Waals surface area (Å²) in [5, 5.41) is 0. The van der Waals surface area contributed by atoms with Crippen LogP contribution in [0.5, 0.6) is 0 Å². The van der Waals surface area contributed by atoms with Crippen LogP contribution < -0.4 is 0 Å². The zero-order valence-electron chi connectivity index (χ0n) is 9.18. The number of aromatic nitrogens is 1. The molecule has 0 N–H and O–H groups in total. The Morgan fingerprint density at radius 3 is 2.80 bits per heavy atom. The van der Waals surface area contributed by atoms with Crippen LogP contribution in [0.4, 0.5) is 0 Å². The molecule has 0 saturated carbocycles. The Balaban J connectivity index is 2.32. The molecular formula is C11H16ClNO2. The van der Waals surface area contributed by atoms with Gasteiger partial charge in [0.05, 0.1) is 11.6 Å². The van der Waals surface area contributed by atoms with Crippen LogP contribution in [-0.2, 0) is 22.6 Å². The van der Waals surface area contributed by atoms with Crippen LogP contribution in [0.25, 0.3) is 0 Å². The lowest BCUT2D eigenvalue weighted by Gasteiger charge is -2.18. The number of hydrogen-bond acceptors (Lipinski definition) is 3. The fourth-order valence-electron chi connectivity index (χ4n) is 1.94. The van der Waals surface area contributed by atoms with Gasteiger partial charge in [0, 0.05) is 6.61 Å². The summed E-state index contributed by atoms with van der Waals surface area (Å²) in [4.78, 5) is 4.48. The Kier molecular flexibility index (Phi) is 3.03. The molecule has 0 amide bonds. The number of aryl methyl sites for hydroxylation is 1. The number of oxazole rings is 1. The van der Waals surface area contributed by atoms with Gasteiger partial charge in [-0.2, -0.15) is 0 Å². The minimum Gasteiger partial charge on any atom is -0.441 e. The predicted molar refractivity (Wildman–Crippen MR) is 58.0 cm³/mol. The van der Waals surface area contributed by atoms with Crippen molar-refractivity contribution in [3.05, 3.63) is 17.3 Å². The molecule has 1 aromatic rings. The van der Waals surface area contributed by atoms with Crippen LogP contribution in [0.2, 0.25) is 0 Å².